The zero-order valence-corrected chi connectivity index (χ0v) is 12.5. The van der Waals surface area contributed by atoms with Gasteiger partial charge >= 0.3 is 0 Å². The van der Waals surface area contributed by atoms with Gasteiger partial charge in [-0.1, -0.05) is 24.8 Å². The Balaban J connectivity index is 2.94. The number of thiocarbonyl (C=S) groups is 1. The summed E-state index contributed by atoms with van der Waals surface area (Å²) in [4.78, 5) is 25.2. The molecular weight excluding hydrogens is 288 g/mol. The van der Waals surface area contributed by atoms with Gasteiger partial charge < -0.3 is 4.74 Å². The van der Waals surface area contributed by atoms with Crippen LogP contribution in [0.1, 0.15) is 0 Å². The first kappa shape index (κ1) is 16.6. The first-order chi connectivity index (χ1) is 10.0. The molecule has 6 heteroatoms. The molecule has 0 unspecified atom stereocenters. The molecule has 0 aliphatic carbocycles. The standard InChI is InChI=1S/C15H16N2O3S/c1-4-10-17-14(19)12(13(18)16-15(17)21)9-7-6-8-11(5-2)20-3/h4-9H,1-2,10H2,3H3,(H,16,18,21)/b7-6+,11-8+,12-9-. The van der Waals surface area contributed by atoms with Crippen LogP contribution < -0.4 is 5.32 Å². The first-order valence-electron chi connectivity index (χ1n) is 6.08. The topological polar surface area (TPSA) is 58.6 Å². The van der Waals surface area contributed by atoms with E-state index in [4.69, 9.17) is 17.0 Å². The maximum atomic E-state index is 12.1. The fourth-order valence-corrected chi connectivity index (χ4v) is 1.78. The van der Waals surface area contributed by atoms with Crippen LogP contribution in [0.25, 0.3) is 0 Å². The summed E-state index contributed by atoms with van der Waals surface area (Å²) in [5.74, 6) is -0.402. The predicted molar refractivity (Wildman–Crippen MR) is 85.2 cm³/mol. The molecule has 2 amide bonds. The highest BCUT2D eigenvalue weighted by atomic mass is 32.1. The van der Waals surface area contributed by atoms with Gasteiger partial charge in [0, 0.05) is 6.54 Å². The average Bonchev–Trinajstić information content (AvgIpc) is 2.46. The van der Waals surface area contributed by atoms with E-state index in [0.717, 1.165) is 0 Å². The van der Waals surface area contributed by atoms with E-state index >= 15 is 0 Å². The molecule has 1 aliphatic heterocycles. The lowest BCUT2D eigenvalue weighted by atomic mass is 10.1. The largest absolute Gasteiger partial charge is 0.497 e. The minimum Gasteiger partial charge on any atom is -0.497 e. The van der Waals surface area contributed by atoms with E-state index in [1.807, 2.05) is 0 Å². The van der Waals surface area contributed by atoms with Gasteiger partial charge in [0.15, 0.2) is 5.11 Å². The summed E-state index contributed by atoms with van der Waals surface area (Å²) in [5, 5.41) is 2.54. The molecule has 1 saturated heterocycles. The van der Waals surface area contributed by atoms with Gasteiger partial charge in [-0.2, -0.15) is 0 Å². The van der Waals surface area contributed by atoms with Gasteiger partial charge in [0.05, 0.1) is 7.11 Å². The number of ether oxygens (including phenoxy) is 1. The highest BCUT2D eigenvalue weighted by Crippen LogP contribution is 2.10. The summed E-state index contributed by atoms with van der Waals surface area (Å²) < 4.78 is 4.99. The zero-order valence-electron chi connectivity index (χ0n) is 11.7. The van der Waals surface area contributed by atoms with Gasteiger partial charge in [0.1, 0.15) is 11.3 Å². The Morgan fingerprint density at radius 1 is 1.38 bits per heavy atom. The number of hydrogen-bond acceptors (Lipinski definition) is 4. The fraction of sp³-hybridized carbons (Fsp3) is 0.133. The van der Waals surface area contributed by atoms with Gasteiger partial charge in [-0.05, 0) is 30.4 Å². The maximum Gasteiger partial charge on any atom is 0.265 e. The van der Waals surface area contributed by atoms with Crippen LogP contribution in [0.5, 0.6) is 0 Å². The number of carbonyl (C=O) groups excluding carboxylic acids is 2. The van der Waals surface area contributed by atoms with Crippen LogP contribution in [0.15, 0.2) is 60.9 Å². The van der Waals surface area contributed by atoms with Crippen molar-refractivity contribution in [2.24, 2.45) is 0 Å². The number of hydrogen-bond donors (Lipinski definition) is 1. The van der Waals surface area contributed by atoms with Crippen LogP contribution in [0, 0.1) is 0 Å². The molecule has 21 heavy (non-hydrogen) atoms. The lowest BCUT2D eigenvalue weighted by Crippen LogP contribution is -2.53. The molecule has 1 N–H and O–H groups in total. The van der Waals surface area contributed by atoms with Crippen molar-refractivity contribution in [3.8, 4) is 0 Å². The van der Waals surface area contributed by atoms with Crippen LogP contribution in [-0.4, -0.2) is 35.5 Å². The Bertz CT molecular complexity index is 573. The molecule has 110 valence electrons. The van der Waals surface area contributed by atoms with E-state index in [9.17, 15) is 9.59 Å². The summed E-state index contributed by atoms with van der Waals surface area (Å²) in [6.45, 7) is 7.36. The monoisotopic (exact) mass is 304 g/mol. The Morgan fingerprint density at radius 2 is 2.10 bits per heavy atom. The highest BCUT2D eigenvalue weighted by molar-refractivity contribution is 7.80. The van der Waals surface area contributed by atoms with E-state index in [1.165, 1.54) is 24.2 Å². The number of nitrogens with zero attached hydrogens (tertiary/aromatic N) is 1. The Hall–Kier alpha value is -2.47. The van der Waals surface area contributed by atoms with Crippen LogP contribution in [-0.2, 0) is 14.3 Å². The quantitative estimate of drug-likeness (QED) is 0.202. The first-order valence-corrected chi connectivity index (χ1v) is 6.49. The van der Waals surface area contributed by atoms with Crippen molar-refractivity contribution in [3.05, 3.63) is 60.9 Å². The van der Waals surface area contributed by atoms with Gasteiger partial charge in [-0.3, -0.25) is 19.8 Å². The second-order valence-electron chi connectivity index (χ2n) is 3.91. The van der Waals surface area contributed by atoms with Crippen molar-refractivity contribution in [2.75, 3.05) is 13.7 Å². The van der Waals surface area contributed by atoms with E-state index in [0.29, 0.717) is 5.76 Å². The number of allylic oxidation sites excluding steroid dienone is 5. The van der Waals surface area contributed by atoms with Crippen molar-refractivity contribution in [1.82, 2.24) is 10.2 Å². The molecule has 1 aliphatic rings. The second-order valence-corrected chi connectivity index (χ2v) is 4.29. The molecule has 0 aromatic rings. The maximum absolute atomic E-state index is 12.1. The number of amides is 2. The molecule has 1 heterocycles. The van der Waals surface area contributed by atoms with E-state index in [2.05, 4.69) is 18.5 Å². The molecule has 1 rings (SSSR count). The number of methoxy groups -OCH3 is 1. The van der Waals surface area contributed by atoms with Gasteiger partial charge in [-0.15, -0.1) is 6.58 Å². The third-order valence-corrected chi connectivity index (χ3v) is 2.89. The molecule has 0 radical (unpaired) electrons. The number of carbonyl (C=O) groups is 2. The van der Waals surface area contributed by atoms with Crippen molar-refractivity contribution in [2.45, 2.75) is 0 Å². The molecule has 0 aromatic carbocycles. The Labute approximate surface area is 128 Å². The van der Waals surface area contributed by atoms with Gasteiger partial charge in [0.25, 0.3) is 11.8 Å². The van der Waals surface area contributed by atoms with Crippen molar-refractivity contribution in [1.29, 1.82) is 0 Å². The molecule has 0 aromatic heterocycles. The smallest absolute Gasteiger partial charge is 0.265 e. The second kappa shape index (κ2) is 7.96. The van der Waals surface area contributed by atoms with Gasteiger partial charge in [0.2, 0.25) is 0 Å². The van der Waals surface area contributed by atoms with Crippen LogP contribution in [0.4, 0.5) is 0 Å². The third-order valence-electron chi connectivity index (χ3n) is 2.57. The minimum absolute atomic E-state index is 0.00710. The summed E-state index contributed by atoms with van der Waals surface area (Å²) >= 11 is 4.94. The van der Waals surface area contributed by atoms with E-state index in [-0.39, 0.29) is 17.2 Å². The average molecular weight is 304 g/mol. The predicted octanol–water partition coefficient (Wildman–Crippen LogP) is 1.61. The van der Waals surface area contributed by atoms with Crippen molar-refractivity contribution in [3.63, 3.8) is 0 Å². The third kappa shape index (κ3) is 4.25. The van der Waals surface area contributed by atoms with Crippen LogP contribution in [0.3, 0.4) is 0 Å². The Kier molecular flexibility index (Phi) is 6.29. The van der Waals surface area contributed by atoms with E-state index in [1.54, 1.807) is 24.3 Å². The molecule has 0 spiro atoms. The summed E-state index contributed by atoms with van der Waals surface area (Å²) in [7, 11) is 1.52. The highest BCUT2D eigenvalue weighted by Gasteiger charge is 2.31. The molecular formula is C15H16N2O3S. The van der Waals surface area contributed by atoms with Gasteiger partial charge in [-0.25, -0.2) is 0 Å². The summed E-state index contributed by atoms with van der Waals surface area (Å²) in [6, 6.07) is 0. The zero-order chi connectivity index (χ0) is 15.8. The lowest BCUT2D eigenvalue weighted by molar-refractivity contribution is -0.128. The Morgan fingerprint density at radius 3 is 2.67 bits per heavy atom. The van der Waals surface area contributed by atoms with Crippen molar-refractivity contribution >= 4 is 29.1 Å². The fourth-order valence-electron chi connectivity index (χ4n) is 1.53. The summed E-state index contributed by atoms with van der Waals surface area (Å²) in [6.07, 6.45) is 9.35. The van der Waals surface area contributed by atoms with Crippen LogP contribution >= 0.6 is 12.2 Å². The molecule has 0 atom stereocenters. The molecule has 0 bridgehead atoms. The number of nitrogens with one attached hydrogen (secondary N) is 1. The van der Waals surface area contributed by atoms with Crippen LogP contribution in [0.2, 0.25) is 0 Å². The molecule has 5 nitrogen and oxygen atoms in total. The molecule has 1 fully saturated rings. The normalized spacial score (nSPS) is 18.1. The minimum atomic E-state index is -0.519. The van der Waals surface area contributed by atoms with Crippen molar-refractivity contribution < 1.29 is 14.3 Å². The van der Waals surface area contributed by atoms with E-state index < -0.39 is 11.8 Å². The lowest BCUT2D eigenvalue weighted by Gasteiger charge is -2.27. The molecule has 0 saturated carbocycles. The number of rotatable bonds is 6. The summed E-state index contributed by atoms with van der Waals surface area (Å²) in [5.41, 5.74) is 0.00710. The SMILES string of the molecule is C=CCN1C(=O)\C(=C/C=C/C=C(\C=C)OC)C(=O)NC1=S.